The number of alkyl halides is 1. The summed E-state index contributed by atoms with van der Waals surface area (Å²) in [4.78, 5) is 0. The summed E-state index contributed by atoms with van der Waals surface area (Å²) in [5, 5.41) is 3.30. The quantitative estimate of drug-likeness (QED) is 0.743. The molecule has 0 amide bonds. The molecule has 0 bridgehead atoms. The Morgan fingerprint density at radius 3 is 2.53 bits per heavy atom. The highest BCUT2D eigenvalue weighted by atomic mass is 19.1. The third kappa shape index (κ3) is 2.52. The van der Waals surface area contributed by atoms with E-state index in [1.165, 1.54) is 6.42 Å². The molecule has 1 saturated heterocycles. The van der Waals surface area contributed by atoms with Crippen molar-refractivity contribution in [3.05, 3.63) is 0 Å². The molecule has 1 saturated carbocycles. The molecule has 5 atom stereocenters. The summed E-state index contributed by atoms with van der Waals surface area (Å²) in [7, 11) is 0. The lowest BCUT2D eigenvalue weighted by molar-refractivity contribution is 0.100. The molecule has 0 aromatic heterocycles. The molecule has 1 heterocycles. The van der Waals surface area contributed by atoms with Gasteiger partial charge in [-0.2, -0.15) is 0 Å². The van der Waals surface area contributed by atoms with E-state index in [9.17, 15) is 4.39 Å². The molecular weight excluding hydrogens is 189 g/mol. The number of hydrogen-bond donors (Lipinski definition) is 1. The molecule has 1 aliphatic heterocycles. The summed E-state index contributed by atoms with van der Waals surface area (Å²) in [6.07, 6.45) is 5.03. The molecular formula is C13H24FN. The number of halogens is 1. The van der Waals surface area contributed by atoms with Crippen LogP contribution in [0.5, 0.6) is 0 Å². The predicted octanol–water partition coefficient (Wildman–Crippen LogP) is 3.15. The Bertz CT molecular complexity index is 201. The molecule has 2 aliphatic rings. The van der Waals surface area contributed by atoms with Gasteiger partial charge in [-0.15, -0.1) is 0 Å². The first-order valence-corrected chi connectivity index (χ1v) is 6.56. The monoisotopic (exact) mass is 213 g/mol. The Labute approximate surface area is 92.8 Å². The number of nitrogens with one attached hydrogen (secondary N) is 1. The van der Waals surface area contributed by atoms with Crippen molar-refractivity contribution in [1.29, 1.82) is 0 Å². The molecule has 1 nitrogen and oxygen atoms in total. The van der Waals surface area contributed by atoms with Crippen molar-refractivity contribution in [2.75, 3.05) is 6.54 Å². The summed E-state index contributed by atoms with van der Waals surface area (Å²) in [5.41, 5.74) is 0. The first-order chi connectivity index (χ1) is 7.18. The van der Waals surface area contributed by atoms with Crippen molar-refractivity contribution in [3.8, 4) is 0 Å². The van der Waals surface area contributed by atoms with E-state index in [1.807, 2.05) is 0 Å². The summed E-state index contributed by atoms with van der Waals surface area (Å²) in [5.74, 6) is 1.83. The van der Waals surface area contributed by atoms with Crippen LogP contribution in [0.1, 0.15) is 46.0 Å². The van der Waals surface area contributed by atoms with E-state index in [1.54, 1.807) is 0 Å². The second kappa shape index (κ2) is 4.82. The Morgan fingerprint density at radius 2 is 1.93 bits per heavy atom. The average molecular weight is 213 g/mol. The van der Waals surface area contributed by atoms with Gasteiger partial charge in [-0.05, 0) is 50.0 Å². The highest BCUT2D eigenvalue weighted by Crippen LogP contribution is 2.37. The molecule has 5 unspecified atom stereocenters. The fraction of sp³-hybridized carbons (Fsp3) is 1.00. The van der Waals surface area contributed by atoms with Crippen LogP contribution in [0.4, 0.5) is 4.39 Å². The third-order valence-electron chi connectivity index (χ3n) is 4.57. The van der Waals surface area contributed by atoms with E-state index >= 15 is 0 Å². The Morgan fingerprint density at radius 1 is 1.13 bits per heavy atom. The minimum absolute atomic E-state index is 0.163. The Kier molecular flexibility index (Phi) is 3.65. The van der Waals surface area contributed by atoms with Crippen LogP contribution in [0.3, 0.4) is 0 Å². The second-order valence-electron chi connectivity index (χ2n) is 5.67. The largest absolute Gasteiger partial charge is 0.311 e. The maximum atomic E-state index is 14.2. The molecule has 2 heteroatoms. The Hall–Kier alpha value is -0.110. The molecule has 2 fully saturated rings. The lowest BCUT2D eigenvalue weighted by Crippen LogP contribution is -2.39. The fourth-order valence-corrected chi connectivity index (χ4v) is 3.19. The van der Waals surface area contributed by atoms with Gasteiger partial charge >= 0.3 is 0 Å². The first kappa shape index (κ1) is 11.4. The van der Waals surface area contributed by atoms with Gasteiger partial charge in [0.15, 0.2) is 0 Å². The molecule has 2 rings (SSSR count). The minimum Gasteiger partial charge on any atom is -0.311 e. The zero-order chi connectivity index (χ0) is 10.8. The summed E-state index contributed by atoms with van der Waals surface area (Å²) < 4.78 is 14.2. The van der Waals surface area contributed by atoms with Gasteiger partial charge in [-0.3, -0.25) is 0 Å². The van der Waals surface area contributed by atoms with Crippen LogP contribution in [0.2, 0.25) is 0 Å². The van der Waals surface area contributed by atoms with Crippen molar-refractivity contribution in [2.24, 2.45) is 17.8 Å². The molecule has 0 aromatic rings. The molecule has 0 radical (unpaired) electrons. The predicted molar refractivity (Wildman–Crippen MR) is 61.6 cm³/mol. The van der Waals surface area contributed by atoms with E-state index < -0.39 is 6.17 Å². The fourth-order valence-electron chi connectivity index (χ4n) is 3.19. The highest BCUT2D eigenvalue weighted by Gasteiger charge is 2.35. The van der Waals surface area contributed by atoms with Crippen LogP contribution in [-0.4, -0.2) is 18.8 Å². The SMILES string of the molecule is CC1CCC(C(F)C2CCCN2)CC1C. The number of rotatable bonds is 2. The summed E-state index contributed by atoms with van der Waals surface area (Å²) in [6, 6.07) is 0.163. The molecule has 1 aliphatic carbocycles. The van der Waals surface area contributed by atoms with Crippen LogP contribution >= 0.6 is 0 Å². The van der Waals surface area contributed by atoms with Crippen LogP contribution in [0.25, 0.3) is 0 Å². The van der Waals surface area contributed by atoms with Crippen molar-refractivity contribution < 1.29 is 4.39 Å². The molecule has 0 spiro atoms. The van der Waals surface area contributed by atoms with E-state index in [0.717, 1.165) is 38.1 Å². The van der Waals surface area contributed by atoms with E-state index in [-0.39, 0.29) is 6.04 Å². The van der Waals surface area contributed by atoms with Gasteiger partial charge in [-0.25, -0.2) is 4.39 Å². The lowest BCUT2D eigenvalue weighted by Gasteiger charge is -2.35. The normalized spacial score (nSPS) is 44.2. The van der Waals surface area contributed by atoms with Crippen molar-refractivity contribution in [2.45, 2.75) is 58.2 Å². The van der Waals surface area contributed by atoms with Crippen LogP contribution in [-0.2, 0) is 0 Å². The van der Waals surface area contributed by atoms with Crippen molar-refractivity contribution in [1.82, 2.24) is 5.32 Å². The van der Waals surface area contributed by atoms with Gasteiger partial charge in [-0.1, -0.05) is 20.3 Å². The molecule has 88 valence electrons. The van der Waals surface area contributed by atoms with Gasteiger partial charge in [0.1, 0.15) is 6.17 Å². The van der Waals surface area contributed by atoms with E-state index in [0.29, 0.717) is 11.8 Å². The maximum Gasteiger partial charge on any atom is 0.118 e. The zero-order valence-corrected chi connectivity index (χ0v) is 10.0. The standard InChI is InChI=1S/C13H24FN/c1-9-5-6-11(8-10(9)2)13(14)12-4-3-7-15-12/h9-13,15H,3-8H2,1-2H3. The van der Waals surface area contributed by atoms with Gasteiger partial charge < -0.3 is 5.32 Å². The van der Waals surface area contributed by atoms with Gasteiger partial charge in [0, 0.05) is 6.04 Å². The second-order valence-corrected chi connectivity index (χ2v) is 5.67. The lowest BCUT2D eigenvalue weighted by atomic mass is 9.73. The average Bonchev–Trinajstić information content (AvgIpc) is 2.74. The topological polar surface area (TPSA) is 12.0 Å². The Balaban J connectivity index is 1.87. The van der Waals surface area contributed by atoms with Crippen LogP contribution in [0.15, 0.2) is 0 Å². The van der Waals surface area contributed by atoms with Gasteiger partial charge in [0.05, 0.1) is 0 Å². The van der Waals surface area contributed by atoms with Crippen molar-refractivity contribution >= 4 is 0 Å². The third-order valence-corrected chi connectivity index (χ3v) is 4.57. The maximum absolute atomic E-state index is 14.2. The summed E-state index contributed by atoms with van der Waals surface area (Å²) in [6.45, 7) is 5.61. The number of hydrogen-bond acceptors (Lipinski definition) is 1. The highest BCUT2D eigenvalue weighted by molar-refractivity contribution is 4.89. The van der Waals surface area contributed by atoms with Crippen LogP contribution in [0, 0.1) is 17.8 Å². The van der Waals surface area contributed by atoms with Gasteiger partial charge in [0.2, 0.25) is 0 Å². The molecule has 1 N–H and O–H groups in total. The van der Waals surface area contributed by atoms with Gasteiger partial charge in [0.25, 0.3) is 0 Å². The smallest absolute Gasteiger partial charge is 0.118 e. The van der Waals surface area contributed by atoms with E-state index in [4.69, 9.17) is 0 Å². The van der Waals surface area contributed by atoms with Crippen LogP contribution < -0.4 is 5.32 Å². The first-order valence-electron chi connectivity index (χ1n) is 6.56. The van der Waals surface area contributed by atoms with E-state index in [2.05, 4.69) is 19.2 Å². The molecule has 15 heavy (non-hydrogen) atoms. The summed E-state index contributed by atoms with van der Waals surface area (Å²) >= 11 is 0. The molecule has 0 aromatic carbocycles. The van der Waals surface area contributed by atoms with Crippen molar-refractivity contribution in [3.63, 3.8) is 0 Å². The minimum atomic E-state index is -0.595. The zero-order valence-electron chi connectivity index (χ0n) is 10.0.